The van der Waals surface area contributed by atoms with E-state index in [4.69, 9.17) is 23.2 Å². The van der Waals surface area contributed by atoms with Crippen LogP contribution in [0.15, 0.2) is 30.3 Å². The number of alkyl halides is 2. The van der Waals surface area contributed by atoms with E-state index in [0.717, 1.165) is 5.56 Å². The summed E-state index contributed by atoms with van der Waals surface area (Å²) in [4.78, 5) is 11.2. The number of aliphatic hydroxyl groups is 1. The van der Waals surface area contributed by atoms with E-state index < -0.39 is 16.4 Å². The minimum absolute atomic E-state index is 0.284. The lowest BCUT2D eigenvalue weighted by atomic mass is 10.0. The zero-order valence-corrected chi connectivity index (χ0v) is 10.9. The van der Waals surface area contributed by atoms with E-state index in [9.17, 15) is 9.90 Å². The maximum absolute atomic E-state index is 11.2. The minimum Gasteiger partial charge on any atom is -0.467 e. The number of rotatable bonds is 5. The van der Waals surface area contributed by atoms with Gasteiger partial charge in [-0.05, 0) is 18.4 Å². The first-order valence-electron chi connectivity index (χ1n) is 5.16. The van der Waals surface area contributed by atoms with Crippen molar-refractivity contribution in [2.75, 3.05) is 7.11 Å². The Balaban J connectivity index is 2.55. The van der Waals surface area contributed by atoms with Crippen molar-refractivity contribution in [3.8, 4) is 0 Å². The average molecular weight is 277 g/mol. The molecule has 0 spiro atoms. The second kappa shape index (κ2) is 6.24. The number of hydrogen-bond donors (Lipinski definition) is 1. The molecule has 1 aromatic rings. The standard InChI is InChI=1S/C12H14Cl2O3/c1-17-11(16)12(13,14)10(15)8-7-9-5-3-2-4-6-9/h2-6,10,15H,7-8H2,1H3. The molecule has 0 radical (unpaired) electrons. The molecule has 1 atom stereocenters. The zero-order valence-electron chi connectivity index (χ0n) is 9.40. The van der Waals surface area contributed by atoms with Gasteiger partial charge in [0.05, 0.1) is 13.2 Å². The first-order valence-corrected chi connectivity index (χ1v) is 5.92. The summed E-state index contributed by atoms with van der Waals surface area (Å²) in [5.74, 6) is -0.846. The summed E-state index contributed by atoms with van der Waals surface area (Å²) >= 11 is 11.5. The molecule has 0 aliphatic heterocycles. The Hall–Kier alpha value is -0.770. The van der Waals surface area contributed by atoms with Crippen LogP contribution in [0.4, 0.5) is 0 Å². The molecule has 5 heteroatoms. The van der Waals surface area contributed by atoms with Crippen LogP contribution in [-0.4, -0.2) is 28.6 Å². The van der Waals surface area contributed by atoms with Crippen molar-refractivity contribution < 1.29 is 14.6 Å². The van der Waals surface area contributed by atoms with Gasteiger partial charge in [-0.2, -0.15) is 0 Å². The van der Waals surface area contributed by atoms with Gasteiger partial charge < -0.3 is 9.84 Å². The SMILES string of the molecule is COC(=O)C(Cl)(Cl)C(O)CCc1ccccc1. The van der Waals surface area contributed by atoms with Crippen molar-refractivity contribution in [1.82, 2.24) is 0 Å². The summed E-state index contributed by atoms with van der Waals surface area (Å²) in [5, 5.41) is 9.78. The summed E-state index contributed by atoms with van der Waals surface area (Å²) < 4.78 is 2.51. The minimum atomic E-state index is -1.91. The summed E-state index contributed by atoms with van der Waals surface area (Å²) in [6, 6.07) is 9.55. The monoisotopic (exact) mass is 276 g/mol. The summed E-state index contributed by atoms with van der Waals surface area (Å²) in [7, 11) is 1.17. The molecule has 1 aromatic carbocycles. The van der Waals surface area contributed by atoms with E-state index in [0.29, 0.717) is 6.42 Å². The van der Waals surface area contributed by atoms with Crippen molar-refractivity contribution in [2.24, 2.45) is 0 Å². The molecule has 0 aliphatic rings. The third-order valence-corrected chi connectivity index (χ3v) is 3.24. The second-order valence-corrected chi connectivity index (χ2v) is 5.04. The van der Waals surface area contributed by atoms with E-state index >= 15 is 0 Å². The zero-order chi connectivity index (χ0) is 12.9. The smallest absolute Gasteiger partial charge is 0.345 e. The highest BCUT2D eigenvalue weighted by atomic mass is 35.5. The number of aryl methyl sites for hydroxylation is 1. The van der Waals surface area contributed by atoms with Crippen LogP contribution >= 0.6 is 23.2 Å². The van der Waals surface area contributed by atoms with Crippen molar-refractivity contribution in [3.63, 3.8) is 0 Å². The molecule has 94 valence electrons. The fourth-order valence-corrected chi connectivity index (χ4v) is 1.77. The van der Waals surface area contributed by atoms with E-state index in [2.05, 4.69) is 4.74 Å². The molecule has 0 aliphatic carbocycles. The Morgan fingerprint density at radius 3 is 2.53 bits per heavy atom. The van der Waals surface area contributed by atoms with Crippen LogP contribution in [0.5, 0.6) is 0 Å². The Bertz CT molecular complexity index is 365. The fourth-order valence-electron chi connectivity index (χ4n) is 1.40. The van der Waals surface area contributed by atoms with Crippen molar-refractivity contribution in [3.05, 3.63) is 35.9 Å². The van der Waals surface area contributed by atoms with Crippen LogP contribution < -0.4 is 0 Å². The highest BCUT2D eigenvalue weighted by molar-refractivity contribution is 6.58. The Morgan fingerprint density at radius 1 is 1.41 bits per heavy atom. The van der Waals surface area contributed by atoms with Gasteiger partial charge in [0.15, 0.2) is 0 Å². The quantitative estimate of drug-likeness (QED) is 0.663. The van der Waals surface area contributed by atoms with E-state index in [-0.39, 0.29) is 6.42 Å². The Labute approximate surface area is 110 Å². The first-order chi connectivity index (χ1) is 7.98. The lowest BCUT2D eigenvalue weighted by Crippen LogP contribution is -2.40. The summed E-state index contributed by atoms with van der Waals surface area (Å²) in [5.41, 5.74) is 1.04. The van der Waals surface area contributed by atoms with Crippen molar-refractivity contribution >= 4 is 29.2 Å². The first kappa shape index (κ1) is 14.3. The Kier molecular flexibility index (Phi) is 5.25. The summed E-state index contributed by atoms with van der Waals surface area (Å²) in [6.07, 6.45) is -0.301. The molecule has 0 saturated heterocycles. The number of carbonyl (C=O) groups is 1. The number of benzene rings is 1. The van der Waals surface area contributed by atoms with Gasteiger partial charge in [-0.1, -0.05) is 53.5 Å². The molecule has 0 aromatic heterocycles. The lowest BCUT2D eigenvalue weighted by Gasteiger charge is -2.22. The largest absolute Gasteiger partial charge is 0.467 e. The van der Waals surface area contributed by atoms with Crippen LogP contribution in [-0.2, 0) is 16.0 Å². The Morgan fingerprint density at radius 2 is 2.00 bits per heavy atom. The van der Waals surface area contributed by atoms with Crippen molar-refractivity contribution in [1.29, 1.82) is 0 Å². The van der Waals surface area contributed by atoms with E-state index in [1.165, 1.54) is 7.11 Å². The maximum Gasteiger partial charge on any atom is 0.345 e. The molecule has 0 fully saturated rings. The van der Waals surface area contributed by atoms with Gasteiger partial charge >= 0.3 is 5.97 Å². The molecular weight excluding hydrogens is 263 g/mol. The number of methoxy groups -OCH3 is 1. The fraction of sp³-hybridized carbons (Fsp3) is 0.417. The van der Waals surface area contributed by atoms with Crippen LogP contribution in [0.3, 0.4) is 0 Å². The number of halogens is 2. The molecule has 3 nitrogen and oxygen atoms in total. The maximum atomic E-state index is 11.2. The van der Waals surface area contributed by atoms with Gasteiger partial charge in [0, 0.05) is 0 Å². The number of ether oxygens (including phenoxy) is 1. The second-order valence-electron chi connectivity index (χ2n) is 3.65. The molecule has 0 saturated carbocycles. The third kappa shape index (κ3) is 3.87. The number of esters is 1. The molecule has 1 N–H and O–H groups in total. The number of hydrogen-bond acceptors (Lipinski definition) is 3. The predicted molar refractivity (Wildman–Crippen MR) is 67.2 cm³/mol. The van der Waals surface area contributed by atoms with Gasteiger partial charge in [0.1, 0.15) is 0 Å². The van der Waals surface area contributed by atoms with Gasteiger partial charge in [0.25, 0.3) is 0 Å². The molecular formula is C12H14Cl2O3. The molecule has 1 unspecified atom stereocenters. The summed E-state index contributed by atoms with van der Waals surface area (Å²) in [6.45, 7) is 0. The molecule has 0 heterocycles. The topological polar surface area (TPSA) is 46.5 Å². The van der Waals surface area contributed by atoms with E-state index in [1.54, 1.807) is 0 Å². The van der Waals surface area contributed by atoms with Crippen LogP contribution in [0.25, 0.3) is 0 Å². The predicted octanol–water partition coefficient (Wildman–Crippen LogP) is 2.33. The number of carbonyl (C=O) groups excluding carboxylic acids is 1. The van der Waals surface area contributed by atoms with Gasteiger partial charge in [-0.3, -0.25) is 0 Å². The highest BCUT2D eigenvalue weighted by Gasteiger charge is 2.42. The van der Waals surface area contributed by atoms with E-state index in [1.807, 2.05) is 30.3 Å². The molecule has 17 heavy (non-hydrogen) atoms. The lowest BCUT2D eigenvalue weighted by molar-refractivity contribution is -0.144. The molecule has 0 amide bonds. The molecule has 1 rings (SSSR count). The highest BCUT2D eigenvalue weighted by Crippen LogP contribution is 2.29. The van der Waals surface area contributed by atoms with Gasteiger partial charge in [0.2, 0.25) is 4.33 Å². The molecule has 0 bridgehead atoms. The van der Waals surface area contributed by atoms with Crippen LogP contribution in [0.1, 0.15) is 12.0 Å². The third-order valence-electron chi connectivity index (χ3n) is 2.43. The number of aliphatic hydroxyl groups excluding tert-OH is 1. The van der Waals surface area contributed by atoms with Crippen LogP contribution in [0.2, 0.25) is 0 Å². The van der Waals surface area contributed by atoms with Gasteiger partial charge in [-0.15, -0.1) is 0 Å². The van der Waals surface area contributed by atoms with Crippen LogP contribution in [0, 0.1) is 0 Å². The van der Waals surface area contributed by atoms with Crippen molar-refractivity contribution in [2.45, 2.75) is 23.3 Å². The normalized spacial score (nSPS) is 13.2. The average Bonchev–Trinajstić information content (AvgIpc) is 2.35. The van der Waals surface area contributed by atoms with Gasteiger partial charge in [-0.25, -0.2) is 4.79 Å².